The molecule has 4 heteroatoms. The highest BCUT2D eigenvalue weighted by atomic mass is 16.5. The van der Waals surface area contributed by atoms with Crippen LogP contribution in [0.5, 0.6) is 0 Å². The molecule has 0 heterocycles. The maximum atomic E-state index is 11.5. The molecular formula is C17H19NO3. The molecule has 0 aliphatic heterocycles. The van der Waals surface area contributed by atoms with Crippen LogP contribution in [0.2, 0.25) is 0 Å². The zero-order chi connectivity index (χ0) is 15.1. The molecule has 0 amide bonds. The second kappa shape index (κ2) is 7.45. The zero-order valence-electron chi connectivity index (χ0n) is 12.0. The average molecular weight is 285 g/mol. The molecule has 0 radical (unpaired) electrons. The van der Waals surface area contributed by atoms with Crippen molar-refractivity contribution in [2.75, 3.05) is 19.0 Å². The number of hydrogen-bond acceptors (Lipinski definition) is 3. The highest BCUT2D eigenvalue weighted by Crippen LogP contribution is 2.20. The fourth-order valence-corrected chi connectivity index (χ4v) is 2.22. The maximum absolute atomic E-state index is 11.5. The van der Waals surface area contributed by atoms with E-state index >= 15 is 0 Å². The fourth-order valence-electron chi connectivity index (χ4n) is 2.22. The van der Waals surface area contributed by atoms with Gasteiger partial charge in [-0.2, -0.15) is 0 Å². The van der Waals surface area contributed by atoms with Crippen LogP contribution in [0.25, 0.3) is 0 Å². The molecule has 1 unspecified atom stereocenters. The molecule has 2 aromatic carbocycles. The van der Waals surface area contributed by atoms with Crippen molar-refractivity contribution < 1.29 is 14.6 Å². The SMILES string of the molecule is COCc1ccccc1NCC(C(=O)O)c1ccccc1. The number of ether oxygens (including phenoxy) is 1. The van der Waals surface area contributed by atoms with Gasteiger partial charge < -0.3 is 15.2 Å². The number of aliphatic carboxylic acids is 1. The molecule has 0 aromatic heterocycles. The quantitative estimate of drug-likeness (QED) is 0.820. The second-order valence-electron chi connectivity index (χ2n) is 4.77. The molecule has 0 saturated heterocycles. The predicted molar refractivity (Wildman–Crippen MR) is 82.5 cm³/mol. The van der Waals surface area contributed by atoms with E-state index in [1.165, 1.54) is 0 Å². The van der Waals surface area contributed by atoms with Crippen molar-refractivity contribution >= 4 is 11.7 Å². The summed E-state index contributed by atoms with van der Waals surface area (Å²) >= 11 is 0. The molecule has 2 rings (SSSR count). The second-order valence-corrected chi connectivity index (χ2v) is 4.77. The van der Waals surface area contributed by atoms with Gasteiger partial charge in [0.1, 0.15) is 0 Å². The summed E-state index contributed by atoms with van der Waals surface area (Å²) in [5, 5.41) is 12.6. The van der Waals surface area contributed by atoms with Gasteiger partial charge in [-0.05, 0) is 11.6 Å². The normalized spacial score (nSPS) is 11.9. The van der Waals surface area contributed by atoms with Crippen LogP contribution in [0.15, 0.2) is 54.6 Å². The first-order valence-corrected chi connectivity index (χ1v) is 6.81. The van der Waals surface area contributed by atoms with Gasteiger partial charge in [0.05, 0.1) is 12.5 Å². The number of rotatable bonds is 7. The minimum atomic E-state index is -0.835. The Balaban J connectivity index is 2.11. The Morgan fingerprint density at radius 3 is 2.48 bits per heavy atom. The first kappa shape index (κ1) is 15.1. The molecule has 21 heavy (non-hydrogen) atoms. The number of nitrogens with one attached hydrogen (secondary N) is 1. The number of carboxylic acid groups (broad SMARTS) is 1. The molecule has 0 saturated carbocycles. The van der Waals surface area contributed by atoms with Crippen molar-refractivity contribution in [2.45, 2.75) is 12.5 Å². The minimum Gasteiger partial charge on any atom is -0.481 e. The highest BCUT2D eigenvalue weighted by molar-refractivity contribution is 5.77. The third kappa shape index (κ3) is 4.07. The summed E-state index contributed by atoms with van der Waals surface area (Å²) in [6.45, 7) is 0.826. The summed E-state index contributed by atoms with van der Waals surface area (Å²) in [4.78, 5) is 11.5. The maximum Gasteiger partial charge on any atom is 0.312 e. The van der Waals surface area contributed by atoms with Crippen molar-refractivity contribution in [3.63, 3.8) is 0 Å². The average Bonchev–Trinajstić information content (AvgIpc) is 2.50. The van der Waals surface area contributed by atoms with Crippen LogP contribution in [-0.4, -0.2) is 24.7 Å². The van der Waals surface area contributed by atoms with Gasteiger partial charge in [-0.3, -0.25) is 4.79 Å². The predicted octanol–water partition coefficient (Wildman–Crippen LogP) is 3.11. The number of anilines is 1. The van der Waals surface area contributed by atoms with E-state index in [0.29, 0.717) is 13.2 Å². The lowest BCUT2D eigenvalue weighted by atomic mass is 9.99. The Bertz CT molecular complexity index is 584. The van der Waals surface area contributed by atoms with Gasteiger partial charge in [-0.15, -0.1) is 0 Å². The van der Waals surface area contributed by atoms with E-state index in [0.717, 1.165) is 16.8 Å². The molecule has 0 bridgehead atoms. The van der Waals surface area contributed by atoms with E-state index in [9.17, 15) is 9.90 Å². The number of methoxy groups -OCH3 is 1. The summed E-state index contributed by atoms with van der Waals surface area (Å²) in [7, 11) is 1.64. The van der Waals surface area contributed by atoms with Crippen LogP contribution in [0.4, 0.5) is 5.69 Å². The molecule has 0 spiro atoms. The van der Waals surface area contributed by atoms with Gasteiger partial charge in [-0.25, -0.2) is 0 Å². The molecule has 1 atom stereocenters. The van der Waals surface area contributed by atoms with Gasteiger partial charge >= 0.3 is 5.97 Å². The zero-order valence-corrected chi connectivity index (χ0v) is 12.0. The Morgan fingerprint density at radius 1 is 1.14 bits per heavy atom. The van der Waals surface area contributed by atoms with Gasteiger partial charge in [0.2, 0.25) is 0 Å². The molecule has 2 N–H and O–H groups in total. The Morgan fingerprint density at radius 2 is 1.81 bits per heavy atom. The molecule has 110 valence electrons. The lowest BCUT2D eigenvalue weighted by molar-refractivity contribution is -0.138. The van der Waals surface area contributed by atoms with Crippen LogP contribution in [0.3, 0.4) is 0 Å². The Labute approximate surface area is 124 Å². The van der Waals surface area contributed by atoms with Crippen molar-refractivity contribution in [1.29, 1.82) is 0 Å². The number of hydrogen-bond donors (Lipinski definition) is 2. The summed E-state index contributed by atoms with van der Waals surface area (Å²) in [6, 6.07) is 17.0. The summed E-state index contributed by atoms with van der Waals surface area (Å²) in [5.41, 5.74) is 2.71. The Hall–Kier alpha value is -2.33. The van der Waals surface area contributed by atoms with Crippen molar-refractivity contribution in [2.24, 2.45) is 0 Å². The van der Waals surface area contributed by atoms with Gasteiger partial charge in [0.25, 0.3) is 0 Å². The van der Waals surface area contributed by atoms with E-state index < -0.39 is 11.9 Å². The van der Waals surface area contributed by atoms with Crippen LogP contribution in [-0.2, 0) is 16.1 Å². The lowest BCUT2D eigenvalue weighted by Gasteiger charge is -2.16. The Kier molecular flexibility index (Phi) is 5.35. The largest absolute Gasteiger partial charge is 0.481 e. The summed E-state index contributed by atoms with van der Waals surface area (Å²) in [5.74, 6) is -1.42. The standard InChI is InChI=1S/C17H19NO3/c1-21-12-14-9-5-6-10-16(14)18-11-15(17(19)20)13-7-3-2-4-8-13/h2-10,15,18H,11-12H2,1H3,(H,19,20). The van der Waals surface area contributed by atoms with E-state index in [1.807, 2.05) is 54.6 Å². The van der Waals surface area contributed by atoms with E-state index in [1.54, 1.807) is 7.11 Å². The van der Waals surface area contributed by atoms with E-state index in [-0.39, 0.29) is 0 Å². The summed E-state index contributed by atoms with van der Waals surface area (Å²) < 4.78 is 5.15. The first-order chi connectivity index (χ1) is 10.2. The summed E-state index contributed by atoms with van der Waals surface area (Å²) in [6.07, 6.45) is 0. The first-order valence-electron chi connectivity index (χ1n) is 6.81. The van der Waals surface area contributed by atoms with Gasteiger partial charge in [-0.1, -0.05) is 48.5 Å². The van der Waals surface area contributed by atoms with Crippen molar-refractivity contribution in [1.82, 2.24) is 0 Å². The molecular weight excluding hydrogens is 266 g/mol. The fraction of sp³-hybridized carbons (Fsp3) is 0.235. The topological polar surface area (TPSA) is 58.6 Å². The number of carbonyl (C=O) groups is 1. The smallest absolute Gasteiger partial charge is 0.312 e. The third-order valence-electron chi connectivity index (χ3n) is 3.31. The molecule has 0 fully saturated rings. The molecule has 0 aliphatic rings. The number of para-hydroxylation sites is 1. The molecule has 2 aromatic rings. The van der Waals surface area contributed by atoms with Crippen LogP contribution in [0.1, 0.15) is 17.0 Å². The monoisotopic (exact) mass is 285 g/mol. The van der Waals surface area contributed by atoms with E-state index in [2.05, 4.69) is 5.32 Å². The third-order valence-corrected chi connectivity index (χ3v) is 3.31. The number of benzene rings is 2. The van der Waals surface area contributed by atoms with Crippen molar-refractivity contribution in [3.8, 4) is 0 Å². The van der Waals surface area contributed by atoms with Crippen molar-refractivity contribution in [3.05, 3.63) is 65.7 Å². The van der Waals surface area contributed by atoms with Gasteiger partial charge in [0.15, 0.2) is 0 Å². The van der Waals surface area contributed by atoms with Crippen LogP contribution < -0.4 is 5.32 Å². The van der Waals surface area contributed by atoms with Crippen LogP contribution in [0, 0.1) is 0 Å². The molecule has 0 aliphatic carbocycles. The molecule has 4 nitrogen and oxygen atoms in total. The van der Waals surface area contributed by atoms with E-state index in [4.69, 9.17) is 4.74 Å². The lowest BCUT2D eigenvalue weighted by Crippen LogP contribution is -2.21. The minimum absolute atomic E-state index is 0.333. The highest BCUT2D eigenvalue weighted by Gasteiger charge is 2.19. The van der Waals surface area contributed by atoms with Crippen LogP contribution >= 0.6 is 0 Å². The number of carboxylic acids is 1. The van der Waals surface area contributed by atoms with Gasteiger partial charge in [0, 0.05) is 24.9 Å².